The number of likely N-dealkylation sites (tertiary alicyclic amines) is 1. The summed E-state index contributed by atoms with van der Waals surface area (Å²) in [5, 5.41) is 2.78. The van der Waals surface area contributed by atoms with Gasteiger partial charge in [-0.2, -0.15) is 0 Å². The lowest BCUT2D eigenvalue weighted by molar-refractivity contribution is -0.132. The number of aryl methyl sites for hydroxylation is 2. The summed E-state index contributed by atoms with van der Waals surface area (Å²) in [6.07, 6.45) is 3.40. The first-order valence-electron chi connectivity index (χ1n) is 11.3. The van der Waals surface area contributed by atoms with E-state index in [0.29, 0.717) is 13.1 Å². The van der Waals surface area contributed by atoms with Gasteiger partial charge in [-0.3, -0.25) is 14.4 Å². The Morgan fingerprint density at radius 3 is 2.55 bits per heavy atom. The van der Waals surface area contributed by atoms with E-state index < -0.39 is 11.5 Å². The molecule has 0 aliphatic carbocycles. The van der Waals surface area contributed by atoms with Crippen molar-refractivity contribution in [3.05, 3.63) is 105 Å². The van der Waals surface area contributed by atoms with E-state index in [2.05, 4.69) is 37.4 Å². The number of rotatable bonds is 6. The molecule has 0 unspecified atom stereocenters. The zero-order valence-electron chi connectivity index (χ0n) is 19.1. The normalized spacial score (nSPS) is 15.5. The van der Waals surface area contributed by atoms with Crippen LogP contribution in [0.5, 0.6) is 0 Å². The number of hydrogen-bond donors (Lipinski definition) is 1. The van der Waals surface area contributed by atoms with Crippen LogP contribution in [0.4, 0.5) is 0 Å². The van der Waals surface area contributed by atoms with E-state index in [9.17, 15) is 14.4 Å². The van der Waals surface area contributed by atoms with Gasteiger partial charge in [0.05, 0.1) is 6.04 Å². The van der Waals surface area contributed by atoms with Gasteiger partial charge in [-0.25, -0.2) is 0 Å². The average molecular weight is 444 g/mol. The van der Waals surface area contributed by atoms with Gasteiger partial charge in [0.25, 0.3) is 11.5 Å². The molecule has 6 nitrogen and oxygen atoms in total. The number of carbonyl (C=O) groups excluding carboxylic acids is 2. The highest BCUT2D eigenvalue weighted by atomic mass is 16.2. The third kappa shape index (κ3) is 5.06. The topological polar surface area (TPSA) is 71.4 Å². The van der Waals surface area contributed by atoms with Crippen LogP contribution in [0.15, 0.2) is 71.7 Å². The van der Waals surface area contributed by atoms with E-state index in [4.69, 9.17) is 0 Å². The van der Waals surface area contributed by atoms with Crippen molar-refractivity contribution in [2.45, 2.75) is 45.8 Å². The van der Waals surface area contributed by atoms with Crippen molar-refractivity contribution in [3.63, 3.8) is 0 Å². The molecule has 6 heteroatoms. The summed E-state index contributed by atoms with van der Waals surface area (Å²) in [6.45, 7) is 5.07. The van der Waals surface area contributed by atoms with Gasteiger partial charge in [-0.05, 0) is 61.1 Å². The van der Waals surface area contributed by atoms with Crippen LogP contribution >= 0.6 is 0 Å². The largest absolute Gasteiger partial charge is 0.348 e. The van der Waals surface area contributed by atoms with Crippen LogP contribution in [0, 0.1) is 13.8 Å². The molecule has 0 saturated carbocycles. The number of carbonyl (C=O) groups is 2. The maximum atomic E-state index is 13.2. The van der Waals surface area contributed by atoms with Gasteiger partial charge >= 0.3 is 0 Å². The highest BCUT2D eigenvalue weighted by molar-refractivity contribution is 5.93. The molecule has 1 aliphatic heterocycles. The Balaban J connectivity index is 1.47. The van der Waals surface area contributed by atoms with Crippen LogP contribution < -0.4 is 10.9 Å². The molecule has 0 spiro atoms. The summed E-state index contributed by atoms with van der Waals surface area (Å²) in [5.74, 6) is -0.556. The Hall–Kier alpha value is -3.67. The second-order valence-corrected chi connectivity index (χ2v) is 8.61. The summed E-state index contributed by atoms with van der Waals surface area (Å²) in [7, 11) is 0. The zero-order valence-corrected chi connectivity index (χ0v) is 19.1. The maximum absolute atomic E-state index is 13.2. The lowest BCUT2D eigenvalue weighted by Crippen LogP contribution is -2.38. The minimum absolute atomic E-state index is 0.0184. The van der Waals surface area contributed by atoms with Gasteiger partial charge in [0.15, 0.2) is 0 Å². The molecule has 170 valence electrons. The van der Waals surface area contributed by atoms with E-state index >= 15 is 0 Å². The van der Waals surface area contributed by atoms with Crippen LogP contribution in [0.2, 0.25) is 0 Å². The first-order valence-corrected chi connectivity index (χ1v) is 11.3. The first kappa shape index (κ1) is 22.5. The van der Waals surface area contributed by atoms with Gasteiger partial charge in [0, 0.05) is 19.3 Å². The maximum Gasteiger partial charge on any atom is 0.263 e. The molecule has 1 atom stereocenters. The fraction of sp³-hybridized carbons (Fsp3) is 0.296. The molecule has 3 aromatic rings. The highest BCUT2D eigenvalue weighted by Crippen LogP contribution is 2.33. The molecular formula is C27H29N3O3. The quantitative estimate of drug-likeness (QED) is 0.631. The van der Waals surface area contributed by atoms with Crippen molar-refractivity contribution in [2.75, 3.05) is 6.54 Å². The number of pyridine rings is 1. The zero-order chi connectivity index (χ0) is 23.4. The monoisotopic (exact) mass is 443 g/mol. The summed E-state index contributed by atoms with van der Waals surface area (Å²) < 4.78 is 1.33. The molecule has 1 fully saturated rings. The summed E-state index contributed by atoms with van der Waals surface area (Å²) in [6, 6.07) is 19.0. The molecular weight excluding hydrogens is 414 g/mol. The Labute approximate surface area is 193 Å². The standard InChI is InChI=1S/C27H29N3O3/c1-19-12-13-22(16-20(19)2)24-11-7-15-30(24)25(31)18-29-14-6-10-23(27(29)33)26(32)28-17-21-8-4-3-5-9-21/h3-6,8-10,12-14,16,24H,7,11,15,17-18H2,1-2H3,(H,28,32)/t24-/m1/s1. The van der Waals surface area contributed by atoms with Crippen molar-refractivity contribution in [1.82, 2.24) is 14.8 Å². The third-order valence-corrected chi connectivity index (χ3v) is 6.36. The number of aromatic nitrogens is 1. The predicted octanol–water partition coefficient (Wildman–Crippen LogP) is 3.76. The van der Waals surface area contributed by atoms with Crippen molar-refractivity contribution >= 4 is 11.8 Å². The van der Waals surface area contributed by atoms with E-state index in [1.165, 1.54) is 21.8 Å². The summed E-state index contributed by atoms with van der Waals surface area (Å²) in [4.78, 5) is 40.6. The molecule has 1 saturated heterocycles. The summed E-state index contributed by atoms with van der Waals surface area (Å²) in [5.41, 5.74) is 4.08. The predicted molar refractivity (Wildman–Crippen MR) is 128 cm³/mol. The van der Waals surface area contributed by atoms with Gasteiger partial charge in [0.2, 0.25) is 5.91 Å². The molecule has 2 aromatic carbocycles. The van der Waals surface area contributed by atoms with Gasteiger partial charge < -0.3 is 14.8 Å². The van der Waals surface area contributed by atoms with Crippen molar-refractivity contribution in [1.29, 1.82) is 0 Å². The number of nitrogens with zero attached hydrogens (tertiary/aromatic N) is 2. The SMILES string of the molecule is Cc1ccc([C@H]2CCCN2C(=O)Cn2cccc(C(=O)NCc3ccccc3)c2=O)cc1C. The number of hydrogen-bond acceptors (Lipinski definition) is 3. The first-order chi connectivity index (χ1) is 15.9. The molecule has 33 heavy (non-hydrogen) atoms. The molecule has 2 heterocycles. The lowest BCUT2D eigenvalue weighted by Gasteiger charge is -2.26. The van der Waals surface area contributed by atoms with Crippen molar-refractivity contribution in [3.8, 4) is 0 Å². The average Bonchev–Trinajstić information content (AvgIpc) is 3.31. The fourth-order valence-corrected chi connectivity index (χ4v) is 4.33. The smallest absolute Gasteiger partial charge is 0.263 e. The van der Waals surface area contributed by atoms with Crippen LogP contribution in [0.1, 0.15) is 51.5 Å². The minimum atomic E-state index is -0.460. The van der Waals surface area contributed by atoms with E-state index in [0.717, 1.165) is 24.0 Å². The van der Waals surface area contributed by atoms with E-state index in [1.807, 2.05) is 35.2 Å². The van der Waals surface area contributed by atoms with E-state index in [1.54, 1.807) is 12.3 Å². The Morgan fingerprint density at radius 1 is 1.00 bits per heavy atom. The second kappa shape index (κ2) is 9.86. The molecule has 1 N–H and O–H groups in total. The number of benzene rings is 2. The van der Waals surface area contributed by atoms with Gasteiger partial charge in [-0.1, -0.05) is 48.5 Å². The van der Waals surface area contributed by atoms with Gasteiger partial charge in [0.1, 0.15) is 12.1 Å². The fourth-order valence-electron chi connectivity index (χ4n) is 4.33. The number of nitrogens with one attached hydrogen (secondary N) is 1. The van der Waals surface area contributed by atoms with Crippen molar-refractivity contribution < 1.29 is 9.59 Å². The van der Waals surface area contributed by atoms with Crippen LogP contribution in [0.25, 0.3) is 0 Å². The minimum Gasteiger partial charge on any atom is -0.348 e. The van der Waals surface area contributed by atoms with Crippen LogP contribution in [-0.4, -0.2) is 27.8 Å². The van der Waals surface area contributed by atoms with Gasteiger partial charge in [-0.15, -0.1) is 0 Å². The molecule has 4 rings (SSSR count). The van der Waals surface area contributed by atoms with Crippen LogP contribution in [0.3, 0.4) is 0 Å². The van der Waals surface area contributed by atoms with Crippen LogP contribution in [-0.2, 0) is 17.9 Å². The van der Waals surface area contributed by atoms with Crippen molar-refractivity contribution in [2.24, 2.45) is 0 Å². The molecule has 2 amide bonds. The summed E-state index contributed by atoms with van der Waals surface area (Å²) >= 11 is 0. The lowest BCUT2D eigenvalue weighted by atomic mass is 9.99. The molecule has 1 aromatic heterocycles. The third-order valence-electron chi connectivity index (χ3n) is 6.36. The molecule has 0 bridgehead atoms. The Morgan fingerprint density at radius 2 is 1.79 bits per heavy atom. The van der Waals surface area contributed by atoms with E-state index in [-0.39, 0.29) is 24.1 Å². The highest BCUT2D eigenvalue weighted by Gasteiger charge is 2.30. The molecule has 0 radical (unpaired) electrons. The number of amides is 2. The second-order valence-electron chi connectivity index (χ2n) is 8.61. The molecule has 1 aliphatic rings. The Kier molecular flexibility index (Phi) is 6.73. The Bertz CT molecular complexity index is 1220.